The quantitative estimate of drug-likeness (QED) is 0.671. The topological polar surface area (TPSA) is 40.2 Å². The first-order valence-electron chi connectivity index (χ1n) is 6.07. The lowest BCUT2D eigenvalue weighted by atomic mass is 10.0. The van der Waals surface area contributed by atoms with E-state index in [0.717, 1.165) is 18.5 Å². The number of hydrogen-bond acceptors (Lipinski definition) is 1. The number of fused-ring (bicyclic) bond motifs is 2. The summed E-state index contributed by atoms with van der Waals surface area (Å²) in [6, 6.07) is 8.32. The standard InChI is InChI=1S/C14H16N2/c15-14-10-6-2-1-3-8-12(10)16-13-9-5-4-7-11(13)14/h4-5,7,9H,1-3,6,8H2,(H2,15,16)/p+1. The van der Waals surface area contributed by atoms with Crippen LogP contribution in [0.3, 0.4) is 0 Å². The summed E-state index contributed by atoms with van der Waals surface area (Å²) < 4.78 is 0. The van der Waals surface area contributed by atoms with Crippen molar-refractivity contribution in [2.75, 3.05) is 5.73 Å². The number of nitrogens with two attached hydrogens (primary N) is 1. The van der Waals surface area contributed by atoms with Crippen LogP contribution in [0.15, 0.2) is 24.3 Å². The van der Waals surface area contributed by atoms with Gasteiger partial charge in [0.25, 0.3) is 0 Å². The van der Waals surface area contributed by atoms with E-state index >= 15 is 0 Å². The molecule has 1 aliphatic rings. The summed E-state index contributed by atoms with van der Waals surface area (Å²) in [4.78, 5) is 3.55. The molecule has 2 aromatic rings. The van der Waals surface area contributed by atoms with Crippen molar-refractivity contribution >= 4 is 16.6 Å². The molecule has 3 N–H and O–H groups in total. The zero-order valence-electron chi connectivity index (χ0n) is 9.42. The Balaban J connectivity index is 2.29. The Kier molecular flexibility index (Phi) is 2.28. The smallest absolute Gasteiger partial charge is 0.213 e. The summed E-state index contributed by atoms with van der Waals surface area (Å²) in [5.41, 5.74) is 11.2. The van der Waals surface area contributed by atoms with Gasteiger partial charge in [0.2, 0.25) is 5.52 Å². The van der Waals surface area contributed by atoms with Gasteiger partial charge in [-0.3, -0.25) is 0 Å². The molecular weight excluding hydrogens is 196 g/mol. The minimum atomic E-state index is 0.992. The van der Waals surface area contributed by atoms with Gasteiger partial charge in [-0.05, 0) is 25.3 Å². The summed E-state index contributed by atoms with van der Waals surface area (Å²) >= 11 is 0. The van der Waals surface area contributed by atoms with Crippen LogP contribution in [-0.2, 0) is 12.8 Å². The average Bonchev–Trinajstić information content (AvgIpc) is 2.55. The van der Waals surface area contributed by atoms with E-state index in [0.29, 0.717) is 0 Å². The van der Waals surface area contributed by atoms with Crippen LogP contribution in [0.5, 0.6) is 0 Å². The molecular formula is C14H17N2+. The Morgan fingerprint density at radius 3 is 2.75 bits per heavy atom. The third-order valence-corrected chi connectivity index (χ3v) is 3.55. The van der Waals surface area contributed by atoms with Crippen LogP contribution in [0.1, 0.15) is 30.5 Å². The van der Waals surface area contributed by atoms with Crippen LogP contribution in [-0.4, -0.2) is 0 Å². The average molecular weight is 213 g/mol. The van der Waals surface area contributed by atoms with E-state index in [9.17, 15) is 0 Å². The first kappa shape index (κ1) is 9.64. The molecule has 0 aliphatic heterocycles. The minimum absolute atomic E-state index is 0.992. The first-order chi connectivity index (χ1) is 7.86. The second-order valence-electron chi connectivity index (χ2n) is 4.60. The predicted octanol–water partition coefficient (Wildman–Crippen LogP) is 2.51. The molecule has 0 bridgehead atoms. The summed E-state index contributed by atoms with van der Waals surface area (Å²) in [6.45, 7) is 0. The van der Waals surface area contributed by atoms with Crippen LogP contribution < -0.4 is 10.7 Å². The van der Waals surface area contributed by atoms with Crippen molar-refractivity contribution in [1.29, 1.82) is 0 Å². The SMILES string of the molecule is Nc1c2c([nH+]c3ccccc13)CCCCC2. The van der Waals surface area contributed by atoms with E-state index in [-0.39, 0.29) is 0 Å². The molecule has 2 heteroatoms. The number of nitrogen functional groups attached to an aromatic ring is 1. The van der Waals surface area contributed by atoms with Gasteiger partial charge < -0.3 is 5.73 Å². The Bertz CT molecular complexity index is 531. The summed E-state index contributed by atoms with van der Waals surface area (Å²) in [5, 5.41) is 1.17. The number of nitrogens with one attached hydrogen (secondary N) is 1. The maximum atomic E-state index is 6.29. The van der Waals surface area contributed by atoms with Crippen molar-refractivity contribution in [2.24, 2.45) is 0 Å². The van der Waals surface area contributed by atoms with Crippen LogP contribution in [0.25, 0.3) is 10.9 Å². The lowest BCUT2D eigenvalue weighted by Gasteiger charge is -2.06. The molecule has 16 heavy (non-hydrogen) atoms. The second-order valence-corrected chi connectivity index (χ2v) is 4.60. The Morgan fingerprint density at radius 1 is 1.00 bits per heavy atom. The number of aryl methyl sites for hydroxylation is 1. The van der Waals surface area contributed by atoms with Crippen LogP contribution in [0.2, 0.25) is 0 Å². The molecule has 0 radical (unpaired) electrons. The minimum Gasteiger partial charge on any atom is -0.398 e. The van der Waals surface area contributed by atoms with Gasteiger partial charge in [-0.1, -0.05) is 18.6 Å². The number of pyridine rings is 1. The Hall–Kier alpha value is -1.57. The summed E-state index contributed by atoms with van der Waals surface area (Å²) in [6.07, 6.45) is 6.13. The highest BCUT2D eigenvalue weighted by Crippen LogP contribution is 2.27. The molecule has 1 heterocycles. The molecule has 0 fully saturated rings. The van der Waals surface area contributed by atoms with Gasteiger partial charge in [0, 0.05) is 18.1 Å². The molecule has 1 aromatic carbocycles. The molecule has 0 amide bonds. The van der Waals surface area contributed by atoms with Gasteiger partial charge in [-0.15, -0.1) is 0 Å². The molecule has 3 rings (SSSR count). The highest BCUT2D eigenvalue weighted by atomic mass is 14.7. The van der Waals surface area contributed by atoms with Gasteiger partial charge in [0.05, 0.1) is 11.1 Å². The van der Waals surface area contributed by atoms with Gasteiger partial charge in [0.1, 0.15) is 0 Å². The van der Waals surface area contributed by atoms with Crippen LogP contribution in [0, 0.1) is 0 Å². The maximum Gasteiger partial charge on any atom is 0.213 e. The highest BCUT2D eigenvalue weighted by Gasteiger charge is 2.19. The largest absolute Gasteiger partial charge is 0.398 e. The van der Waals surface area contributed by atoms with E-state index in [2.05, 4.69) is 29.2 Å². The van der Waals surface area contributed by atoms with Crippen molar-refractivity contribution in [1.82, 2.24) is 0 Å². The lowest BCUT2D eigenvalue weighted by molar-refractivity contribution is -0.358. The zero-order chi connectivity index (χ0) is 11.0. The number of hydrogen-bond donors (Lipinski definition) is 1. The fraction of sp³-hybridized carbons (Fsp3) is 0.357. The fourth-order valence-electron chi connectivity index (χ4n) is 2.67. The zero-order valence-corrected chi connectivity index (χ0v) is 9.42. The van der Waals surface area contributed by atoms with Crippen molar-refractivity contribution in [3.05, 3.63) is 35.5 Å². The third kappa shape index (κ3) is 1.45. The summed E-state index contributed by atoms with van der Waals surface area (Å²) in [7, 11) is 0. The molecule has 0 saturated heterocycles. The molecule has 0 atom stereocenters. The number of aromatic nitrogens is 1. The molecule has 1 aliphatic carbocycles. The molecule has 0 spiro atoms. The van der Waals surface area contributed by atoms with E-state index in [4.69, 9.17) is 5.73 Å². The van der Waals surface area contributed by atoms with Gasteiger partial charge in [-0.25, -0.2) is 4.98 Å². The van der Waals surface area contributed by atoms with E-state index in [1.54, 1.807) is 0 Å². The molecule has 0 unspecified atom stereocenters. The third-order valence-electron chi connectivity index (χ3n) is 3.55. The van der Waals surface area contributed by atoms with Crippen molar-refractivity contribution in [3.63, 3.8) is 0 Å². The van der Waals surface area contributed by atoms with Gasteiger partial charge >= 0.3 is 0 Å². The van der Waals surface area contributed by atoms with Crippen molar-refractivity contribution in [2.45, 2.75) is 32.1 Å². The number of rotatable bonds is 0. The number of aromatic amines is 1. The Labute approximate surface area is 95.5 Å². The number of anilines is 1. The number of H-pyrrole nitrogens is 1. The lowest BCUT2D eigenvalue weighted by Crippen LogP contribution is -2.17. The van der Waals surface area contributed by atoms with Crippen molar-refractivity contribution in [3.8, 4) is 0 Å². The van der Waals surface area contributed by atoms with Crippen LogP contribution >= 0.6 is 0 Å². The van der Waals surface area contributed by atoms with Crippen molar-refractivity contribution < 1.29 is 4.98 Å². The van der Waals surface area contributed by atoms with Crippen LogP contribution in [0.4, 0.5) is 5.69 Å². The fourth-order valence-corrected chi connectivity index (χ4v) is 2.67. The normalized spacial score (nSPS) is 15.8. The van der Waals surface area contributed by atoms with E-state index < -0.39 is 0 Å². The van der Waals surface area contributed by atoms with E-state index in [1.165, 1.54) is 41.4 Å². The monoisotopic (exact) mass is 213 g/mol. The van der Waals surface area contributed by atoms with Gasteiger partial charge in [-0.2, -0.15) is 0 Å². The number of para-hydroxylation sites is 1. The molecule has 1 aromatic heterocycles. The summed E-state index contributed by atoms with van der Waals surface area (Å²) in [5.74, 6) is 0. The first-order valence-corrected chi connectivity index (χ1v) is 6.07. The second kappa shape index (κ2) is 3.78. The number of benzene rings is 1. The molecule has 2 nitrogen and oxygen atoms in total. The Morgan fingerprint density at radius 2 is 1.81 bits per heavy atom. The van der Waals surface area contributed by atoms with Gasteiger partial charge in [0.15, 0.2) is 5.69 Å². The van der Waals surface area contributed by atoms with E-state index in [1.807, 2.05) is 0 Å². The molecule has 82 valence electrons. The maximum absolute atomic E-state index is 6.29. The molecule has 0 saturated carbocycles. The predicted molar refractivity (Wildman–Crippen MR) is 66.2 cm³/mol. The highest BCUT2D eigenvalue weighted by molar-refractivity contribution is 5.89.